The molecule has 96 valence electrons. The largest absolute Gasteiger partial charge is 0.383 e. The fourth-order valence-electron chi connectivity index (χ4n) is 1.74. The first kappa shape index (κ1) is 12.9. The second kappa shape index (κ2) is 5.89. The highest BCUT2D eigenvalue weighted by Gasteiger charge is 2.09. The zero-order valence-corrected chi connectivity index (χ0v) is 11.2. The number of nitrogens with one attached hydrogen (secondary N) is 2. The number of methoxy groups -OCH3 is 1. The Kier molecular flexibility index (Phi) is 4.23. The Morgan fingerprint density at radius 3 is 2.72 bits per heavy atom. The van der Waals surface area contributed by atoms with Crippen LogP contribution < -0.4 is 5.32 Å². The third kappa shape index (κ3) is 2.83. The van der Waals surface area contributed by atoms with Crippen molar-refractivity contribution in [3.05, 3.63) is 34.9 Å². The second-order valence-electron chi connectivity index (χ2n) is 4.00. The van der Waals surface area contributed by atoms with Gasteiger partial charge in [-0.3, -0.25) is 5.10 Å². The van der Waals surface area contributed by atoms with Crippen LogP contribution in [0.3, 0.4) is 0 Å². The molecule has 1 aromatic carbocycles. The topological polar surface area (TPSA) is 49.9 Å². The molecule has 1 aromatic heterocycles. The Morgan fingerprint density at radius 2 is 2.06 bits per heavy atom. The van der Waals surface area contributed by atoms with E-state index in [1.54, 1.807) is 7.11 Å². The van der Waals surface area contributed by atoms with Crippen molar-refractivity contribution >= 4 is 17.4 Å². The molecule has 2 N–H and O–H groups in total. The SMILES string of the molecule is COCCNc1n[nH]c(-c2ccc(Cl)cc2)c1C. The molecule has 0 saturated heterocycles. The average Bonchev–Trinajstić information content (AvgIpc) is 2.73. The van der Waals surface area contributed by atoms with Crippen molar-refractivity contribution in [1.82, 2.24) is 10.2 Å². The monoisotopic (exact) mass is 265 g/mol. The predicted octanol–water partition coefficient (Wildman–Crippen LogP) is 3.10. The predicted molar refractivity (Wildman–Crippen MR) is 74.1 cm³/mol. The maximum atomic E-state index is 5.88. The van der Waals surface area contributed by atoms with Crippen LogP contribution in [0, 0.1) is 6.92 Å². The molecule has 0 bridgehead atoms. The normalized spacial score (nSPS) is 10.6. The summed E-state index contributed by atoms with van der Waals surface area (Å²) in [6.45, 7) is 3.42. The summed E-state index contributed by atoms with van der Waals surface area (Å²) in [6.07, 6.45) is 0. The molecular weight excluding hydrogens is 250 g/mol. The summed E-state index contributed by atoms with van der Waals surface area (Å²) in [5, 5.41) is 11.3. The number of benzene rings is 1. The quantitative estimate of drug-likeness (QED) is 0.817. The van der Waals surface area contributed by atoms with Gasteiger partial charge in [0.2, 0.25) is 0 Å². The number of rotatable bonds is 5. The highest BCUT2D eigenvalue weighted by Crippen LogP contribution is 2.26. The molecule has 0 spiro atoms. The highest BCUT2D eigenvalue weighted by molar-refractivity contribution is 6.30. The molecule has 0 aliphatic carbocycles. The Bertz CT molecular complexity index is 507. The Hall–Kier alpha value is -1.52. The summed E-state index contributed by atoms with van der Waals surface area (Å²) in [5.41, 5.74) is 3.17. The number of aromatic nitrogens is 2. The molecule has 0 aliphatic rings. The lowest BCUT2D eigenvalue weighted by atomic mass is 10.1. The van der Waals surface area contributed by atoms with E-state index in [0.29, 0.717) is 6.61 Å². The molecule has 5 heteroatoms. The minimum atomic E-state index is 0.655. The summed E-state index contributed by atoms with van der Waals surface area (Å²) < 4.78 is 4.99. The van der Waals surface area contributed by atoms with Crippen molar-refractivity contribution in [2.24, 2.45) is 0 Å². The van der Waals surface area contributed by atoms with Crippen LogP contribution in [-0.4, -0.2) is 30.5 Å². The Balaban J connectivity index is 2.17. The number of hydrogen-bond donors (Lipinski definition) is 2. The van der Waals surface area contributed by atoms with Gasteiger partial charge in [-0.15, -0.1) is 0 Å². The van der Waals surface area contributed by atoms with Crippen LogP contribution >= 0.6 is 11.6 Å². The number of hydrogen-bond acceptors (Lipinski definition) is 3. The molecule has 1 heterocycles. The molecule has 0 unspecified atom stereocenters. The zero-order chi connectivity index (χ0) is 13.0. The van der Waals surface area contributed by atoms with Crippen molar-refractivity contribution < 1.29 is 4.74 Å². The molecule has 4 nitrogen and oxygen atoms in total. The molecule has 0 saturated carbocycles. The van der Waals surface area contributed by atoms with E-state index in [0.717, 1.165) is 34.2 Å². The molecule has 0 radical (unpaired) electrons. The average molecular weight is 266 g/mol. The summed E-state index contributed by atoms with van der Waals surface area (Å²) in [6, 6.07) is 7.69. The summed E-state index contributed by atoms with van der Waals surface area (Å²) in [4.78, 5) is 0. The maximum Gasteiger partial charge on any atom is 0.151 e. The van der Waals surface area contributed by atoms with E-state index in [9.17, 15) is 0 Å². The molecule has 0 atom stereocenters. The zero-order valence-electron chi connectivity index (χ0n) is 10.5. The molecular formula is C13H16ClN3O. The van der Waals surface area contributed by atoms with Crippen molar-refractivity contribution in [3.63, 3.8) is 0 Å². The van der Waals surface area contributed by atoms with Gasteiger partial charge < -0.3 is 10.1 Å². The lowest BCUT2D eigenvalue weighted by molar-refractivity contribution is 0.210. The smallest absolute Gasteiger partial charge is 0.151 e. The standard InChI is InChI=1S/C13H16ClN3O/c1-9-12(10-3-5-11(14)6-4-10)16-17-13(9)15-7-8-18-2/h3-6H,7-8H2,1-2H3,(H2,15,16,17). The van der Waals surface area contributed by atoms with Gasteiger partial charge >= 0.3 is 0 Å². The lowest BCUT2D eigenvalue weighted by Gasteiger charge is -2.03. The van der Waals surface area contributed by atoms with E-state index in [2.05, 4.69) is 15.5 Å². The van der Waals surface area contributed by atoms with E-state index >= 15 is 0 Å². The van der Waals surface area contributed by atoms with E-state index in [1.807, 2.05) is 31.2 Å². The van der Waals surface area contributed by atoms with E-state index in [4.69, 9.17) is 16.3 Å². The van der Waals surface area contributed by atoms with Crippen LogP contribution in [0.15, 0.2) is 24.3 Å². The van der Waals surface area contributed by atoms with Gasteiger partial charge in [-0.25, -0.2) is 0 Å². The maximum absolute atomic E-state index is 5.88. The van der Waals surface area contributed by atoms with E-state index in [1.165, 1.54) is 0 Å². The van der Waals surface area contributed by atoms with Gasteiger partial charge in [0.15, 0.2) is 5.82 Å². The molecule has 0 aliphatic heterocycles. The Labute approximate surface area is 111 Å². The summed E-state index contributed by atoms with van der Waals surface area (Å²) >= 11 is 5.88. The fourth-order valence-corrected chi connectivity index (χ4v) is 1.87. The Morgan fingerprint density at radius 1 is 1.33 bits per heavy atom. The van der Waals surface area contributed by atoms with Crippen LogP contribution in [0.5, 0.6) is 0 Å². The summed E-state index contributed by atoms with van der Waals surface area (Å²) in [7, 11) is 1.68. The van der Waals surface area contributed by atoms with Crippen molar-refractivity contribution in [2.45, 2.75) is 6.92 Å². The third-order valence-corrected chi connectivity index (χ3v) is 2.99. The number of anilines is 1. The van der Waals surface area contributed by atoms with Crippen molar-refractivity contribution in [2.75, 3.05) is 25.6 Å². The minimum absolute atomic E-state index is 0.655. The number of H-pyrrole nitrogens is 1. The van der Waals surface area contributed by atoms with Gasteiger partial charge in [0.25, 0.3) is 0 Å². The molecule has 18 heavy (non-hydrogen) atoms. The van der Waals surface area contributed by atoms with Crippen LogP contribution in [0.1, 0.15) is 5.56 Å². The van der Waals surface area contributed by atoms with Gasteiger partial charge in [0.05, 0.1) is 12.3 Å². The van der Waals surface area contributed by atoms with Gasteiger partial charge in [0, 0.05) is 24.2 Å². The van der Waals surface area contributed by atoms with Crippen LogP contribution in [-0.2, 0) is 4.74 Å². The van der Waals surface area contributed by atoms with Crippen LogP contribution in [0.4, 0.5) is 5.82 Å². The summed E-state index contributed by atoms with van der Waals surface area (Å²) in [5.74, 6) is 0.858. The minimum Gasteiger partial charge on any atom is -0.383 e. The van der Waals surface area contributed by atoms with Crippen LogP contribution in [0.2, 0.25) is 5.02 Å². The highest BCUT2D eigenvalue weighted by atomic mass is 35.5. The third-order valence-electron chi connectivity index (χ3n) is 2.74. The van der Waals surface area contributed by atoms with Crippen molar-refractivity contribution in [3.8, 4) is 11.3 Å². The van der Waals surface area contributed by atoms with Gasteiger partial charge in [-0.2, -0.15) is 5.10 Å². The second-order valence-corrected chi connectivity index (χ2v) is 4.44. The molecule has 2 rings (SSSR count). The fraction of sp³-hybridized carbons (Fsp3) is 0.308. The number of nitrogens with zero attached hydrogens (tertiary/aromatic N) is 1. The number of ether oxygens (including phenoxy) is 1. The van der Waals surface area contributed by atoms with Gasteiger partial charge in [0.1, 0.15) is 0 Å². The first-order valence-electron chi connectivity index (χ1n) is 5.76. The number of halogens is 1. The van der Waals surface area contributed by atoms with Crippen molar-refractivity contribution in [1.29, 1.82) is 0 Å². The first-order valence-corrected chi connectivity index (χ1v) is 6.14. The molecule has 0 fully saturated rings. The number of aromatic amines is 1. The van der Waals surface area contributed by atoms with Gasteiger partial charge in [-0.05, 0) is 24.6 Å². The van der Waals surface area contributed by atoms with Gasteiger partial charge in [-0.1, -0.05) is 23.7 Å². The molecule has 2 aromatic rings. The van der Waals surface area contributed by atoms with E-state index in [-0.39, 0.29) is 0 Å². The lowest BCUT2D eigenvalue weighted by Crippen LogP contribution is -2.08. The van der Waals surface area contributed by atoms with Crippen LogP contribution in [0.25, 0.3) is 11.3 Å². The molecule has 0 amide bonds. The van der Waals surface area contributed by atoms with E-state index < -0.39 is 0 Å². The first-order chi connectivity index (χ1) is 8.72.